The SMILES string of the molecule is CC(C)(C)C(Cn1ccnc1)NC(=O)n1ccnc1. The topological polar surface area (TPSA) is 64.7 Å². The highest BCUT2D eigenvalue weighted by Gasteiger charge is 2.26. The zero-order valence-corrected chi connectivity index (χ0v) is 11.4. The van der Waals surface area contributed by atoms with Gasteiger partial charge in [0.05, 0.1) is 12.4 Å². The summed E-state index contributed by atoms with van der Waals surface area (Å²) in [6, 6.07) is -0.172. The molecule has 0 fully saturated rings. The Balaban J connectivity index is 2.08. The molecular formula is C13H19N5O. The molecule has 1 amide bonds. The minimum absolute atomic E-state index is 0.00315. The molecule has 0 saturated heterocycles. The van der Waals surface area contributed by atoms with E-state index in [-0.39, 0.29) is 17.5 Å². The van der Waals surface area contributed by atoms with Crippen molar-refractivity contribution < 1.29 is 4.79 Å². The maximum atomic E-state index is 12.1. The van der Waals surface area contributed by atoms with E-state index in [2.05, 4.69) is 36.1 Å². The molecule has 102 valence electrons. The van der Waals surface area contributed by atoms with E-state index >= 15 is 0 Å². The van der Waals surface area contributed by atoms with Crippen LogP contribution in [0, 0.1) is 5.41 Å². The van der Waals surface area contributed by atoms with Crippen molar-refractivity contribution in [2.75, 3.05) is 0 Å². The first-order chi connectivity index (χ1) is 8.97. The van der Waals surface area contributed by atoms with Crippen molar-refractivity contribution in [3.05, 3.63) is 37.4 Å². The van der Waals surface area contributed by atoms with Crippen molar-refractivity contribution in [1.82, 2.24) is 24.4 Å². The van der Waals surface area contributed by atoms with Gasteiger partial charge in [-0.15, -0.1) is 0 Å². The Morgan fingerprint density at radius 2 is 1.89 bits per heavy atom. The van der Waals surface area contributed by atoms with Crippen molar-refractivity contribution in [2.24, 2.45) is 5.41 Å². The summed E-state index contributed by atoms with van der Waals surface area (Å²) in [5, 5.41) is 3.03. The molecule has 6 heteroatoms. The highest BCUT2D eigenvalue weighted by atomic mass is 16.2. The first-order valence-corrected chi connectivity index (χ1v) is 6.21. The average molecular weight is 261 g/mol. The average Bonchev–Trinajstić information content (AvgIpc) is 2.99. The predicted octanol–water partition coefficient (Wildman–Crippen LogP) is 1.75. The highest BCUT2D eigenvalue weighted by molar-refractivity contribution is 5.76. The zero-order chi connectivity index (χ0) is 13.9. The maximum Gasteiger partial charge on any atom is 0.327 e. The molecule has 2 heterocycles. The Kier molecular flexibility index (Phi) is 3.69. The summed E-state index contributed by atoms with van der Waals surface area (Å²) in [6.45, 7) is 6.98. The Bertz CT molecular complexity index is 510. The van der Waals surface area contributed by atoms with Crippen molar-refractivity contribution in [3.63, 3.8) is 0 Å². The Hall–Kier alpha value is -2.11. The number of aromatic nitrogens is 4. The molecule has 0 aliphatic heterocycles. The van der Waals surface area contributed by atoms with Crippen LogP contribution in [0.2, 0.25) is 0 Å². The van der Waals surface area contributed by atoms with Crippen LogP contribution in [0.5, 0.6) is 0 Å². The number of carbonyl (C=O) groups excluding carboxylic acids is 1. The predicted molar refractivity (Wildman–Crippen MR) is 71.6 cm³/mol. The quantitative estimate of drug-likeness (QED) is 0.915. The van der Waals surface area contributed by atoms with E-state index in [0.29, 0.717) is 6.54 Å². The fourth-order valence-electron chi connectivity index (χ4n) is 1.74. The molecule has 1 unspecified atom stereocenters. The number of imidazole rings is 2. The second-order valence-electron chi connectivity index (χ2n) is 5.60. The van der Waals surface area contributed by atoms with Gasteiger partial charge in [0.25, 0.3) is 0 Å². The number of hydrogen-bond donors (Lipinski definition) is 1. The Labute approximate surface area is 112 Å². The summed E-state index contributed by atoms with van der Waals surface area (Å²) in [6.07, 6.45) is 10.1. The fourth-order valence-corrected chi connectivity index (χ4v) is 1.74. The lowest BCUT2D eigenvalue weighted by Gasteiger charge is -2.31. The van der Waals surface area contributed by atoms with Crippen molar-refractivity contribution in [2.45, 2.75) is 33.4 Å². The van der Waals surface area contributed by atoms with Crippen LogP contribution in [0.15, 0.2) is 37.4 Å². The third-order valence-electron chi connectivity index (χ3n) is 3.03. The van der Waals surface area contributed by atoms with Crippen molar-refractivity contribution in [3.8, 4) is 0 Å². The molecule has 2 rings (SSSR count). The van der Waals surface area contributed by atoms with Crippen LogP contribution in [-0.2, 0) is 6.54 Å². The molecule has 1 N–H and O–H groups in total. The third kappa shape index (κ3) is 3.43. The van der Waals surface area contributed by atoms with Crippen LogP contribution < -0.4 is 5.32 Å². The molecule has 0 saturated carbocycles. The van der Waals surface area contributed by atoms with Gasteiger partial charge in [0.15, 0.2) is 0 Å². The van der Waals surface area contributed by atoms with Crippen LogP contribution >= 0.6 is 0 Å². The lowest BCUT2D eigenvalue weighted by Crippen LogP contribution is -2.47. The van der Waals surface area contributed by atoms with Crippen LogP contribution in [-0.4, -0.2) is 31.2 Å². The molecule has 2 aromatic rings. The van der Waals surface area contributed by atoms with E-state index in [4.69, 9.17) is 0 Å². The Morgan fingerprint density at radius 3 is 2.42 bits per heavy atom. The number of nitrogens with one attached hydrogen (secondary N) is 1. The number of carbonyl (C=O) groups is 1. The lowest BCUT2D eigenvalue weighted by atomic mass is 9.86. The van der Waals surface area contributed by atoms with Gasteiger partial charge < -0.3 is 9.88 Å². The fraction of sp³-hybridized carbons (Fsp3) is 0.462. The second-order valence-corrected chi connectivity index (χ2v) is 5.60. The number of amides is 1. The van der Waals surface area contributed by atoms with E-state index in [1.807, 2.05) is 10.8 Å². The van der Waals surface area contributed by atoms with Crippen molar-refractivity contribution in [1.29, 1.82) is 0 Å². The molecule has 1 atom stereocenters. The molecular weight excluding hydrogens is 242 g/mol. The van der Waals surface area contributed by atoms with Gasteiger partial charge in [-0.25, -0.2) is 14.8 Å². The summed E-state index contributed by atoms with van der Waals surface area (Å²) < 4.78 is 3.40. The summed E-state index contributed by atoms with van der Waals surface area (Å²) in [4.78, 5) is 20.0. The molecule has 6 nitrogen and oxygen atoms in total. The number of rotatable bonds is 3. The minimum Gasteiger partial charge on any atom is -0.335 e. The number of hydrogen-bond acceptors (Lipinski definition) is 3. The molecule has 0 aliphatic rings. The van der Waals surface area contributed by atoms with Gasteiger partial charge in [0.2, 0.25) is 0 Å². The van der Waals surface area contributed by atoms with E-state index in [9.17, 15) is 4.79 Å². The standard InChI is InChI=1S/C13H19N5O/c1-13(2,3)11(8-17-6-4-14-9-17)16-12(19)18-7-5-15-10-18/h4-7,9-11H,8H2,1-3H3,(H,16,19). The summed E-state index contributed by atoms with van der Waals surface area (Å²) in [5.74, 6) is 0. The normalized spacial score (nSPS) is 13.2. The second kappa shape index (κ2) is 5.26. The van der Waals surface area contributed by atoms with Gasteiger partial charge in [0, 0.05) is 31.3 Å². The van der Waals surface area contributed by atoms with Crippen LogP contribution in [0.25, 0.3) is 0 Å². The first-order valence-electron chi connectivity index (χ1n) is 6.21. The molecule has 19 heavy (non-hydrogen) atoms. The molecule has 0 spiro atoms. The van der Waals surface area contributed by atoms with Gasteiger partial charge in [-0.05, 0) is 5.41 Å². The lowest BCUT2D eigenvalue weighted by molar-refractivity contribution is 0.210. The third-order valence-corrected chi connectivity index (χ3v) is 3.03. The summed E-state index contributed by atoms with van der Waals surface area (Å²) in [5.41, 5.74) is -0.0550. The van der Waals surface area contributed by atoms with E-state index in [1.54, 1.807) is 24.9 Å². The van der Waals surface area contributed by atoms with Crippen LogP contribution in [0.3, 0.4) is 0 Å². The largest absolute Gasteiger partial charge is 0.335 e. The maximum absolute atomic E-state index is 12.1. The number of nitrogens with zero attached hydrogens (tertiary/aromatic N) is 4. The van der Waals surface area contributed by atoms with E-state index in [1.165, 1.54) is 10.9 Å². The highest BCUT2D eigenvalue weighted by Crippen LogP contribution is 2.20. The van der Waals surface area contributed by atoms with E-state index < -0.39 is 0 Å². The van der Waals surface area contributed by atoms with Crippen molar-refractivity contribution >= 4 is 6.03 Å². The Morgan fingerprint density at radius 1 is 1.21 bits per heavy atom. The molecule has 0 aliphatic carbocycles. The summed E-state index contributed by atoms with van der Waals surface area (Å²) in [7, 11) is 0. The van der Waals surface area contributed by atoms with Gasteiger partial charge in [-0.1, -0.05) is 20.8 Å². The van der Waals surface area contributed by atoms with Gasteiger partial charge in [0.1, 0.15) is 6.33 Å². The molecule has 0 aromatic carbocycles. The monoisotopic (exact) mass is 261 g/mol. The van der Waals surface area contributed by atoms with Gasteiger partial charge >= 0.3 is 6.03 Å². The smallest absolute Gasteiger partial charge is 0.327 e. The molecule has 0 bridgehead atoms. The van der Waals surface area contributed by atoms with Crippen LogP contribution in [0.4, 0.5) is 4.79 Å². The van der Waals surface area contributed by atoms with Crippen LogP contribution in [0.1, 0.15) is 20.8 Å². The molecule has 2 aromatic heterocycles. The zero-order valence-electron chi connectivity index (χ0n) is 11.4. The minimum atomic E-state index is -0.169. The molecule has 0 radical (unpaired) electrons. The van der Waals surface area contributed by atoms with E-state index in [0.717, 1.165) is 0 Å². The van der Waals surface area contributed by atoms with Gasteiger partial charge in [-0.2, -0.15) is 0 Å². The van der Waals surface area contributed by atoms with Gasteiger partial charge in [-0.3, -0.25) is 4.57 Å². The first kappa shape index (κ1) is 13.3. The summed E-state index contributed by atoms with van der Waals surface area (Å²) >= 11 is 0.